The maximum absolute atomic E-state index is 2.53. The summed E-state index contributed by atoms with van der Waals surface area (Å²) in [4.78, 5) is 0. The van der Waals surface area contributed by atoms with Crippen molar-refractivity contribution < 1.29 is 0 Å². The highest BCUT2D eigenvalue weighted by molar-refractivity contribution is 5.71. The fraction of sp³-hybridized carbons (Fsp3) is 0.600. The standard InChI is InChI=1S/C35H50/c1-4-6-7-8-9-28-10-14-30(15-11-28)32-18-22-34(23-19-32)35-24-20-33(21-25-35)31-16-12-29(13-17-31)26-27(3)5-2/h16,18-25,27-30H,4-15,17,26H2,1-3H3. The Morgan fingerprint density at radius 1 is 0.714 bits per heavy atom. The average Bonchev–Trinajstić information content (AvgIpc) is 2.92. The van der Waals surface area contributed by atoms with Crippen molar-refractivity contribution in [3.05, 3.63) is 65.7 Å². The van der Waals surface area contributed by atoms with E-state index in [0.717, 1.165) is 23.7 Å². The first kappa shape index (κ1) is 26.2. The zero-order valence-corrected chi connectivity index (χ0v) is 22.9. The number of allylic oxidation sites excluding steroid dienone is 2. The molecule has 0 nitrogen and oxygen atoms in total. The summed E-state index contributed by atoms with van der Waals surface area (Å²) in [5.74, 6) is 3.54. The second kappa shape index (κ2) is 13.5. The van der Waals surface area contributed by atoms with Gasteiger partial charge in [0.25, 0.3) is 0 Å². The quantitative estimate of drug-likeness (QED) is 0.286. The van der Waals surface area contributed by atoms with E-state index in [1.807, 2.05) is 0 Å². The molecule has 0 bridgehead atoms. The maximum Gasteiger partial charge on any atom is -0.0162 e. The van der Waals surface area contributed by atoms with Gasteiger partial charge in [-0.05, 0) is 103 Å². The number of hydrogen-bond acceptors (Lipinski definition) is 0. The summed E-state index contributed by atoms with van der Waals surface area (Å²) in [6, 6.07) is 18.9. The van der Waals surface area contributed by atoms with Gasteiger partial charge in [-0.25, -0.2) is 0 Å². The number of hydrogen-bond donors (Lipinski definition) is 0. The van der Waals surface area contributed by atoms with Crippen molar-refractivity contribution in [3.63, 3.8) is 0 Å². The minimum atomic E-state index is 0.778. The van der Waals surface area contributed by atoms with Crippen molar-refractivity contribution in [2.75, 3.05) is 0 Å². The van der Waals surface area contributed by atoms with Crippen LogP contribution in [0.2, 0.25) is 0 Å². The molecule has 0 saturated heterocycles. The Bertz CT molecular complexity index is 892. The number of benzene rings is 2. The van der Waals surface area contributed by atoms with Gasteiger partial charge in [0, 0.05) is 0 Å². The highest BCUT2D eigenvalue weighted by Gasteiger charge is 2.22. The van der Waals surface area contributed by atoms with Crippen LogP contribution in [0, 0.1) is 17.8 Å². The second-order valence-electron chi connectivity index (χ2n) is 11.9. The van der Waals surface area contributed by atoms with Crippen molar-refractivity contribution in [2.45, 2.75) is 117 Å². The summed E-state index contributed by atoms with van der Waals surface area (Å²) in [5, 5.41) is 0. The first-order valence-electron chi connectivity index (χ1n) is 15.1. The van der Waals surface area contributed by atoms with Gasteiger partial charge < -0.3 is 0 Å². The molecule has 4 rings (SSSR count). The highest BCUT2D eigenvalue weighted by atomic mass is 14.3. The molecule has 2 aliphatic carbocycles. The van der Waals surface area contributed by atoms with Gasteiger partial charge in [-0.1, -0.05) is 114 Å². The van der Waals surface area contributed by atoms with Crippen LogP contribution in [-0.2, 0) is 0 Å². The predicted octanol–water partition coefficient (Wildman–Crippen LogP) is 11.2. The molecule has 0 aromatic heterocycles. The second-order valence-corrected chi connectivity index (χ2v) is 11.9. The Morgan fingerprint density at radius 3 is 1.97 bits per heavy atom. The van der Waals surface area contributed by atoms with Crippen LogP contribution in [0.5, 0.6) is 0 Å². The minimum Gasteiger partial charge on any atom is -0.0804 e. The van der Waals surface area contributed by atoms with E-state index in [0.29, 0.717) is 0 Å². The van der Waals surface area contributed by atoms with Gasteiger partial charge in [-0.15, -0.1) is 0 Å². The van der Waals surface area contributed by atoms with Gasteiger partial charge >= 0.3 is 0 Å². The van der Waals surface area contributed by atoms with Gasteiger partial charge in [-0.2, -0.15) is 0 Å². The lowest BCUT2D eigenvalue weighted by Crippen LogP contribution is -2.13. The molecule has 35 heavy (non-hydrogen) atoms. The summed E-state index contributed by atoms with van der Waals surface area (Å²) in [7, 11) is 0. The molecule has 0 N–H and O–H groups in total. The van der Waals surface area contributed by atoms with Crippen LogP contribution in [0.1, 0.15) is 128 Å². The smallest absolute Gasteiger partial charge is 0.0162 e. The normalized spacial score (nSPS) is 23.6. The van der Waals surface area contributed by atoms with Crippen molar-refractivity contribution in [3.8, 4) is 11.1 Å². The zero-order valence-electron chi connectivity index (χ0n) is 22.9. The summed E-state index contributed by atoms with van der Waals surface area (Å²) in [5.41, 5.74) is 7.26. The Labute approximate surface area is 216 Å². The van der Waals surface area contributed by atoms with Gasteiger partial charge in [0.15, 0.2) is 0 Å². The Kier molecular flexibility index (Phi) is 10.1. The van der Waals surface area contributed by atoms with Crippen molar-refractivity contribution >= 4 is 5.57 Å². The summed E-state index contributed by atoms with van der Waals surface area (Å²) < 4.78 is 0. The van der Waals surface area contributed by atoms with E-state index in [2.05, 4.69) is 75.4 Å². The van der Waals surface area contributed by atoms with Gasteiger partial charge in [0.2, 0.25) is 0 Å². The van der Waals surface area contributed by atoms with Crippen LogP contribution >= 0.6 is 0 Å². The van der Waals surface area contributed by atoms with Gasteiger partial charge in [0.1, 0.15) is 0 Å². The molecule has 2 aromatic rings. The average molecular weight is 471 g/mol. The van der Waals surface area contributed by atoms with Crippen molar-refractivity contribution in [1.29, 1.82) is 0 Å². The Morgan fingerprint density at radius 2 is 1.37 bits per heavy atom. The molecule has 0 spiro atoms. The molecule has 2 unspecified atom stereocenters. The Balaban J connectivity index is 1.28. The summed E-state index contributed by atoms with van der Waals surface area (Å²) >= 11 is 0. The predicted molar refractivity (Wildman–Crippen MR) is 155 cm³/mol. The summed E-state index contributed by atoms with van der Waals surface area (Å²) in [6.07, 6.45) is 21.9. The lowest BCUT2D eigenvalue weighted by Gasteiger charge is -2.29. The van der Waals surface area contributed by atoms with E-state index in [4.69, 9.17) is 0 Å². The zero-order chi connectivity index (χ0) is 24.5. The van der Waals surface area contributed by atoms with Crippen LogP contribution < -0.4 is 0 Å². The van der Waals surface area contributed by atoms with E-state index >= 15 is 0 Å². The minimum absolute atomic E-state index is 0.778. The molecule has 190 valence electrons. The molecule has 0 amide bonds. The van der Waals surface area contributed by atoms with E-state index in [9.17, 15) is 0 Å². The maximum atomic E-state index is 2.53. The molecule has 0 heterocycles. The van der Waals surface area contributed by atoms with E-state index in [1.165, 1.54) is 107 Å². The SMILES string of the molecule is CCCCCCC1CCC(c2ccc(-c3ccc(C4=CCC(CC(C)CC)CC4)cc3)cc2)CC1. The van der Waals surface area contributed by atoms with E-state index in [1.54, 1.807) is 11.1 Å². The van der Waals surface area contributed by atoms with Crippen LogP contribution in [0.15, 0.2) is 54.6 Å². The first-order valence-corrected chi connectivity index (χ1v) is 15.1. The van der Waals surface area contributed by atoms with Crippen LogP contribution in [0.4, 0.5) is 0 Å². The molecule has 2 atom stereocenters. The monoisotopic (exact) mass is 470 g/mol. The third kappa shape index (κ3) is 7.58. The molecule has 0 heteroatoms. The molecular formula is C35H50. The largest absolute Gasteiger partial charge is 0.0804 e. The molecule has 0 radical (unpaired) electrons. The molecule has 2 aromatic carbocycles. The van der Waals surface area contributed by atoms with Crippen LogP contribution in [0.3, 0.4) is 0 Å². The molecule has 1 saturated carbocycles. The summed E-state index contributed by atoms with van der Waals surface area (Å²) in [6.45, 7) is 7.04. The topological polar surface area (TPSA) is 0 Å². The number of unbranched alkanes of at least 4 members (excludes halogenated alkanes) is 3. The van der Waals surface area contributed by atoms with Crippen LogP contribution in [0.25, 0.3) is 16.7 Å². The molecule has 0 aliphatic heterocycles. The van der Waals surface area contributed by atoms with Gasteiger partial charge in [0.05, 0.1) is 0 Å². The fourth-order valence-corrected chi connectivity index (χ4v) is 6.57. The first-order chi connectivity index (χ1) is 17.2. The van der Waals surface area contributed by atoms with Crippen molar-refractivity contribution in [1.82, 2.24) is 0 Å². The molecule has 2 aliphatic rings. The van der Waals surface area contributed by atoms with Crippen LogP contribution in [-0.4, -0.2) is 0 Å². The number of rotatable bonds is 11. The van der Waals surface area contributed by atoms with Gasteiger partial charge in [-0.3, -0.25) is 0 Å². The lowest BCUT2D eigenvalue weighted by molar-refractivity contribution is 0.302. The van der Waals surface area contributed by atoms with E-state index < -0.39 is 0 Å². The van der Waals surface area contributed by atoms with E-state index in [-0.39, 0.29) is 0 Å². The third-order valence-electron chi connectivity index (χ3n) is 9.24. The third-order valence-corrected chi connectivity index (χ3v) is 9.24. The van der Waals surface area contributed by atoms with Crippen molar-refractivity contribution in [2.24, 2.45) is 17.8 Å². The lowest BCUT2D eigenvalue weighted by atomic mass is 9.77. The highest BCUT2D eigenvalue weighted by Crippen LogP contribution is 2.39. The Hall–Kier alpha value is -1.82. The molecular weight excluding hydrogens is 420 g/mol. The molecule has 1 fully saturated rings. The fourth-order valence-electron chi connectivity index (χ4n) is 6.57.